The number of aryl methyl sites for hydroxylation is 2. The third-order valence-electron chi connectivity index (χ3n) is 5.59. The van der Waals surface area contributed by atoms with Crippen LogP contribution in [0.25, 0.3) is 11.1 Å². The molecule has 2 nitrogen and oxygen atoms in total. The maximum Gasteiger partial charge on any atom is 0.120 e. The number of ether oxygens (including phenoxy) is 1. The van der Waals surface area contributed by atoms with Crippen LogP contribution in [0.15, 0.2) is 66.7 Å². The highest BCUT2D eigenvalue weighted by molar-refractivity contribution is 5.63. The van der Waals surface area contributed by atoms with Crippen molar-refractivity contribution in [1.82, 2.24) is 0 Å². The van der Waals surface area contributed by atoms with Crippen LogP contribution in [0.5, 0.6) is 5.75 Å². The zero-order valence-corrected chi connectivity index (χ0v) is 15.9. The van der Waals surface area contributed by atoms with Gasteiger partial charge in [-0.3, -0.25) is 0 Å². The van der Waals surface area contributed by atoms with Crippen LogP contribution in [0.3, 0.4) is 0 Å². The predicted octanol–water partition coefficient (Wildman–Crippen LogP) is 5.30. The Morgan fingerprint density at radius 2 is 1.59 bits per heavy atom. The summed E-state index contributed by atoms with van der Waals surface area (Å²) in [6.45, 7) is 3.50. The summed E-state index contributed by atoms with van der Waals surface area (Å²) in [6.07, 6.45) is 3.40. The summed E-state index contributed by atoms with van der Waals surface area (Å²) in [5.41, 5.74) is 13.6. The highest BCUT2D eigenvalue weighted by atomic mass is 16.5. The highest BCUT2D eigenvalue weighted by Gasteiger charge is 2.17. The Kier molecular flexibility index (Phi) is 5.26. The summed E-state index contributed by atoms with van der Waals surface area (Å²) in [4.78, 5) is 0. The van der Waals surface area contributed by atoms with Gasteiger partial charge in [-0.1, -0.05) is 60.2 Å². The molecule has 0 aromatic heterocycles. The average molecular weight is 357 g/mol. The van der Waals surface area contributed by atoms with E-state index in [2.05, 4.69) is 73.7 Å². The summed E-state index contributed by atoms with van der Waals surface area (Å²) >= 11 is 0. The summed E-state index contributed by atoms with van der Waals surface area (Å²) in [6, 6.07) is 23.8. The van der Waals surface area contributed by atoms with Gasteiger partial charge in [0.05, 0.1) is 0 Å². The average Bonchev–Trinajstić information content (AvgIpc) is 2.72. The fourth-order valence-electron chi connectivity index (χ4n) is 3.80. The van der Waals surface area contributed by atoms with Crippen LogP contribution in [0.4, 0.5) is 0 Å². The summed E-state index contributed by atoms with van der Waals surface area (Å²) in [7, 11) is 0. The second-order valence-corrected chi connectivity index (χ2v) is 7.63. The molecule has 0 amide bonds. The van der Waals surface area contributed by atoms with Crippen LogP contribution in [-0.2, 0) is 19.4 Å². The number of fused-ring (bicyclic) bond motifs is 1. The summed E-state index contributed by atoms with van der Waals surface area (Å²) in [5, 5.41) is 0. The van der Waals surface area contributed by atoms with Crippen molar-refractivity contribution in [2.24, 2.45) is 11.7 Å². The molecule has 1 aliphatic carbocycles. The maximum absolute atomic E-state index is 6.05. The molecule has 0 saturated carbocycles. The Balaban J connectivity index is 1.39. The van der Waals surface area contributed by atoms with E-state index in [1.807, 2.05) is 0 Å². The SMILES string of the molecule is Cc1ccc(-c2ccc(COc3ccc4c(c3)CCC(CN)C4)cc2)cc1. The zero-order chi connectivity index (χ0) is 18.6. The van der Waals surface area contributed by atoms with Crippen molar-refractivity contribution in [2.45, 2.75) is 32.8 Å². The van der Waals surface area contributed by atoms with Gasteiger partial charge in [-0.2, -0.15) is 0 Å². The molecule has 0 fully saturated rings. The first-order valence-electron chi connectivity index (χ1n) is 9.82. The van der Waals surface area contributed by atoms with Crippen LogP contribution < -0.4 is 10.5 Å². The van der Waals surface area contributed by atoms with Crippen molar-refractivity contribution >= 4 is 0 Å². The molecule has 1 unspecified atom stereocenters. The standard InChI is InChI=1S/C25H27NO/c1-18-2-7-21(8-3-18)22-9-4-19(5-10-22)17-27-25-13-12-23-14-20(16-26)6-11-24(23)15-25/h2-5,7-10,12-13,15,20H,6,11,14,16-17,26H2,1H3. The lowest BCUT2D eigenvalue weighted by molar-refractivity contribution is 0.305. The monoisotopic (exact) mass is 357 g/mol. The molecule has 0 heterocycles. The molecule has 27 heavy (non-hydrogen) atoms. The van der Waals surface area contributed by atoms with Crippen LogP contribution >= 0.6 is 0 Å². The number of hydrogen-bond acceptors (Lipinski definition) is 2. The minimum atomic E-state index is 0.596. The van der Waals surface area contributed by atoms with Gasteiger partial charge in [-0.05, 0) is 78.6 Å². The molecule has 4 rings (SSSR count). The van der Waals surface area contributed by atoms with E-state index >= 15 is 0 Å². The summed E-state index contributed by atoms with van der Waals surface area (Å²) in [5.74, 6) is 1.60. The zero-order valence-electron chi connectivity index (χ0n) is 15.9. The van der Waals surface area contributed by atoms with Gasteiger partial charge in [0, 0.05) is 0 Å². The lowest BCUT2D eigenvalue weighted by atomic mass is 9.84. The fraction of sp³-hybridized carbons (Fsp3) is 0.280. The van der Waals surface area contributed by atoms with Gasteiger partial charge in [0.1, 0.15) is 12.4 Å². The van der Waals surface area contributed by atoms with Crippen molar-refractivity contribution in [3.05, 3.63) is 89.0 Å². The second kappa shape index (κ2) is 7.98. The molecular weight excluding hydrogens is 330 g/mol. The second-order valence-electron chi connectivity index (χ2n) is 7.63. The first kappa shape index (κ1) is 17.8. The van der Waals surface area contributed by atoms with Gasteiger partial charge in [0.15, 0.2) is 0 Å². The molecule has 3 aromatic carbocycles. The third-order valence-corrected chi connectivity index (χ3v) is 5.59. The Bertz CT molecular complexity index is 897. The molecule has 1 atom stereocenters. The van der Waals surface area contributed by atoms with Crippen molar-refractivity contribution in [1.29, 1.82) is 0 Å². The van der Waals surface area contributed by atoms with E-state index in [-0.39, 0.29) is 0 Å². The number of rotatable bonds is 5. The molecule has 2 N–H and O–H groups in total. The fourth-order valence-corrected chi connectivity index (χ4v) is 3.80. The van der Waals surface area contributed by atoms with E-state index in [0.717, 1.165) is 25.1 Å². The van der Waals surface area contributed by atoms with Crippen LogP contribution in [-0.4, -0.2) is 6.54 Å². The van der Waals surface area contributed by atoms with Gasteiger partial charge in [-0.15, -0.1) is 0 Å². The van der Waals surface area contributed by atoms with Crippen molar-refractivity contribution in [2.75, 3.05) is 6.54 Å². The van der Waals surface area contributed by atoms with Crippen molar-refractivity contribution < 1.29 is 4.74 Å². The topological polar surface area (TPSA) is 35.2 Å². The molecule has 0 bridgehead atoms. The molecule has 3 aromatic rings. The Morgan fingerprint density at radius 3 is 2.30 bits per heavy atom. The van der Waals surface area contributed by atoms with Gasteiger partial charge >= 0.3 is 0 Å². The first-order chi connectivity index (χ1) is 13.2. The Morgan fingerprint density at radius 1 is 0.889 bits per heavy atom. The minimum absolute atomic E-state index is 0.596. The Labute approximate surface area is 162 Å². The maximum atomic E-state index is 6.05. The summed E-state index contributed by atoms with van der Waals surface area (Å²) < 4.78 is 6.05. The lowest BCUT2D eigenvalue weighted by Gasteiger charge is -2.23. The van der Waals surface area contributed by atoms with Crippen LogP contribution in [0.1, 0.15) is 28.7 Å². The normalized spacial score (nSPS) is 16.0. The Hall–Kier alpha value is -2.58. The number of hydrogen-bond donors (Lipinski definition) is 1. The van der Waals surface area contributed by atoms with E-state index < -0.39 is 0 Å². The van der Waals surface area contributed by atoms with Gasteiger partial charge in [0.2, 0.25) is 0 Å². The van der Waals surface area contributed by atoms with Crippen molar-refractivity contribution in [3.63, 3.8) is 0 Å². The van der Waals surface area contributed by atoms with E-state index in [9.17, 15) is 0 Å². The third kappa shape index (κ3) is 4.23. The molecule has 2 heteroatoms. The lowest BCUT2D eigenvalue weighted by Crippen LogP contribution is -2.22. The van der Waals surface area contributed by atoms with Crippen LogP contribution in [0, 0.1) is 12.8 Å². The van der Waals surface area contributed by atoms with E-state index in [1.165, 1.54) is 39.8 Å². The number of benzene rings is 3. The first-order valence-corrected chi connectivity index (χ1v) is 9.82. The molecule has 0 aliphatic heterocycles. The molecule has 138 valence electrons. The van der Waals surface area contributed by atoms with Crippen molar-refractivity contribution in [3.8, 4) is 16.9 Å². The predicted molar refractivity (Wildman–Crippen MR) is 112 cm³/mol. The van der Waals surface area contributed by atoms with Crippen LogP contribution in [0.2, 0.25) is 0 Å². The quantitative estimate of drug-likeness (QED) is 0.672. The van der Waals surface area contributed by atoms with Gasteiger partial charge in [-0.25, -0.2) is 0 Å². The molecule has 0 saturated heterocycles. The van der Waals surface area contributed by atoms with E-state index in [0.29, 0.717) is 12.5 Å². The largest absolute Gasteiger partial charge is 0.489 e. The molecular formula is C25H27NO. The van der Waals surface area contributed by atoms with Gasteiger partial charge < -0.3 is 10.5 Å². The molecule has 1 aliphatic rings. The van der Waals surface area contributed by atoms with E-state index in [4.69, 9.17) is 10.5 Å². The van der Waals surface area contributed by atoms with Gasteiger partial charge in [0.25, 0.3) is 0 Å². The van der Waals surface area contributed by atoms with E-state index in [1.54, 1.807) is 0 Å². The smallest absolute Gasteiger partial charge is 0.120 e. The minimum Gasteiger partial charge on any atom is -0.489 e. The molecule has 0 radical (unpaired) electrons. The number of nitrogens with two attached hydrogens (primary N) is 1. The molecule has 0 spiro atoms. The highest BCUT2D eigenvalue weighted by Crippen LogP contribution is 2.28.